The SMILES string of the molecule is Cl.O=C1NCC2(CC3CCC(C2)N3)O1. The highest BCUT2D eigenvalue weighted by molar-refractivity contribution is 5.85. The summed E-state index contributed by atoms with van der Waals surface area (Å²) in [6.07, 6.45) is 4.22. The zero-order chi connectivity index (χ0) is 8.89. The van der Waals surface area contributed by atoms with Gasteiger partial charge in [0.05, 0.1) is 6.54 Å². The molecule has 3 heterocycles. The maximum absolute atomic E-state index is 11.0. The van der Waals surface area contributed by atoms with Crippen molar-refractivity contribution in [1.82, 2.24) is 10.6 Å². The predicted octanol–water partition coefficient (Wildman–Crippen LogP) is 0.801. The summed E-state index contributed by atoms with van der Waals surface area (Å²) in [4.78, 5) is 11.0. The molecule has 0 aromatic rings. The third-order valence-electron chi connectivity index (χ3n) is 3.44. The van der Waals surface area contributed by atoms with Gasteiger partial charge < -0.3 is 15.4 Å². The Morgan fingerprint density at radius 2 is 1.93 bits per heavy atom. The first kappa shape index (κ1) is 10.1. The van der Waals surface area contributed by atoms with Gasteiger partial charge in [-0.15, -0.1) is 12.4 Å². The van der Waals surface area contributed by atoms with Crippen molar-refractivity contribution in [3.05, 3.63) is 0 Å². The number of carbonyl (C=O) groups excluding carboxylic acids is 1. The van der Waals surface area contributed by atoms with E-state index in [2.05, 4.69) is 10.6 Å². The van der Waals surface area contributed by atoms with Crippen LogP contribution in [0.25, 0.3) is 0 Å². The van der Waals surface area contributed by atoms with Crippen molar-refractivity contribution in [2.75, 3.05) is 6.54 Å². The fourth-order valence-electron chi connectivity index (χ4n) is 2.94. The van der Waals surface area contributed by atoms with E-state index in [1.54, 1.807) is 0 Å². The van der Waals surface area contributed by atoms with Crippen molar-refractivity contribution < 1.29 is 9.53 Å². The molecule has 3 aliphatic heterocycles. The Kier molecular flexibility index (Phi) is 2.35. The summed E-state index contributed by atoms with van der Waals surface area (Å²) < 4.78 is 5.38. The standard InChI is InChI=1S/C9H14N2O2.ClH/c12-8-10-5-9(13-8)3-6-1-2-7(4-9)11-6;/h6-7,11H,1-5H2,(H,10,12);1H. The van der Waals surface area contributed by atoms with E-state index < -0.39 is 0 Å². The first-order chi connectivity index (χ1) is 6.26. The number of fused-ring (bicyclic) bond motifs is 2. The van der Waals surface area contributed by atoms with Gasteiger partial charge in [-0.3, -0.25) is 0 Å². The fourth-order valence-corrected chi connectivity index (χ4v) is 2.94. The van der Waals surface area contributed by atoms with Gasteiger partial charge >= 0.3 is 6.09 Å². The lowest BCUT2D eigenvalue weighted by Gasteiger charge is -2.35. The quantitative estimate of drug-likeness (QED) is 0.633. The first-order valence-corrected chi connectivity index (χ1v) is 4.99. The molecule has 2 atom stereocenters. The van der Waals surface area contributed by atoms with Crippen molar-refractivity contribution in [2.24, 2.45) is 0 Å². The molecule has 0 aromatic carbocycles. The third kappa shape index (κ3) is 1.46. The number of amides is 1. The number of rotatable bonds is 0. The van der Waals surface area contributed by atoms with E-state index in [-0.39, 0.29) is 24.1 Å². The van der Waals surface area contributed by atoms with E-state index in [9.17, 15) is 4.79 Å². The minimum absolute atomic E-state index is 0. The van der Waals surface area contributed by atoms with Crippen molar-refractivity contribution in [3.63, 3.8) is 0 Å². The van der Waals surface area contributed by atoms with Crippen LogP contribution in [-0.2, 0) is 4.74 Å². The summed E-state index contributed by atoms with van der Waals surface area (Å²) in [7, 11) is 0. The fraction of sp³-hybridized carbons (Fsp3) is 0.889. The van der Waals surface area contributed by atoms with Crippen LogP contribution in [0.4, 0.5) is 4.79 Å². The summed E-state index contributed by atoms with van der Waals surface area (Å²) in [5.41, 5.74) is -0.172. The zero-order valence-corrected chi connectivity index (χ0v) is 8.73. The molecule has 0 aliphatic carbocycles. The third-order valence-corrected chi connectivity index (χ3v) is 3.44. The molecule has 3 saturated heterocycles. The minimum atomic E-state index is -0.235. The van der Waals surface area contributed by atoms with Gasteiger partial charge in [-0.25, -0.2) is 4.79 Å². The Bertz CT molecular complexity index is 247. The second-order valence-corrected chi connectivity index (χ2v) is 4.47. The Morgan fingerprint density at radius 1 is 1.29 bits per heavy atom. The summed E-state index contributed by atoms with van der Waals surface area (Å²) in [5.74, 6) is 0. The average Bonchev–Trinajstić information content (AvgIpc) is 2.58. The van der Waals surface area contributed by atoms with E-state index in [4.69, 9.17) is 4.74 Å². The lowest BCUT2D eigenvalue weighted by Crippen LogP contribution is -2.50. The van der Waals surface area contributed by atoms with Gasteiger partial charge in [0, 0.05) is 24.9 Å². The maximum atomic E-state index is 11.0. The van der Waals surface area contributed by atoms with Gasteiger partial charge in [-0.05, 0) is 12.8 Å². The molecule has 0 saturated carbocycles. The number of nitrogens with one attached hydrogen (secondary N) is 2. The monoisotopic (exact) mass is 218 g/mol. The van der Waals surface area contributed by atoms with Crippen LogP contribution in [0.3, 0.4) is 0 Å². The van der Waals surface area contributed by atoms with Crippen LogP contribution >= 0.6 is 12.4 Å². The highest BCUT2D eigenvalue weighted by Crippen LogP contribution is 2.37. The Morgan fingerprint density at radius 3 is 2.43 bits per heavy atom. The largest absolute Gasteiger partial charge is 0.441 e. The van der Waals surface area contributed by atoms with Crippen molar-refractivity contribution in [1.29, 1.82) is 0 Å². The van der Waals surface area contributed by atoms with Crippen LogP contribution in [0.5, 0.6) is 0 Å². The van der Waals surface area contributed by atoms with Gasteiger partial charge in [0.2, 0.25) is 0 Å². The number of carbonyl (C=O) groups is 1. The first-order valence-electron chi connectivity index (χ1n) is 4.99. The van der Waals surface area contributed by atoms with Gasteiger partial charge in [0.25, 0.3) is 0 Å². The second-order valence-electron chi connectivity index (χ2n) is 4.47. The minimum Gasteiger partial charge on any atom is -0.441 e. The van der Waals surface area contributed by atoms with E-state index in [1.807, 2.05) is 0 Å². The van der Waals surface area contributed by atoms with Gasteiger partial charge in [-0.1, -0.05) is 0 Å². The zero-order valence-electron chi connectivity index (χ0n) is 7.91. The van der Waals surface area contributed by atoms with Crippen LogP contribution in [0.1, 0.15) is 25.7 Å². The van der Waals surface area contributed by atoms with Crippen LogP contribution in [0, 0.1) is 0 Å². The predicted molar refractivity (Wildman–Crippen MR) is 53.6 cm³/mol. The molecule has 3 fully saturated rings. The number of piperidine rings is 1. The molecular weight excluding hydrogens is 204 g/mol. The van der Waals surface area contributed by atoms with Crippen molar-refractivity contribution >= 4 is 18.5 Å². The number of hydrogen-bond donors (Lipinski definition) is 2. The van der Waals surface area contributed by atoms with E-state index in [0.29, 0.717) is 18.6 Å². The molecule has 0 radical (unpaired) electrons. The highest BCUT2D eigenvalue weighted by atomic mass is 35.5. The number of hydrogen-bond acceptors (Lipinski definition) is 3. The molecule has 1 amide bonds. The smallest absolute Gasteiger partial charge is 0.407 e. The topological polar surface area (TPSA) is 50.4 Å². The van der Waals surface area contributed by atoms with Crippen molar-refractivity contribution in [3.8, 4) is 0 Å². The molecule has 14 heavy (non-hydrogen) atoms. The van der Waals surface area contributed by atoms with Gasteiger partial charge in [0.15, 0.2) is 0 Å². The van der Waals surface area contributed by atoms with Crippen LogP contribution in [-0.4, -0.2) is 30.3 Å². The molecule has 2 unspecified atom stereocenters. The highest BCUT2D eigenvalue weighted by Gasteiger charge is 2.49. The lowest BCUT2D eigenvalue weighted by atomic mass is 9.88. The summed E-state index contributed by atoms with van der Waals surface area (Å²) in [6, 6.07) is 1.15. The van der Waals surface area contributed by atoms with Gasteiger partial charge in [-0.2, -0.15) is 0 Å². The maximum Gasteiger partial charge on any atom is 0.407 e. The molecule has 4 nitrogen and oxygen atoms in total. The van der Waals surface area contributed by atoms with E-state index >= 15 is 0 Å². The number of halogens is 1. The molecule has 5 heteroatoms. The molecule has 2 bridgehead atoms. The summed E-state index contributed by atoms with van der Waals surface area (Å²) in [6.45, 7) is 0.709. The van der Waals surface area contributed by atoms with Crippen molar-refractivity contribution in [2.45, 2.75) is 43.4 Å². The Balaban J connectivity index is 0.000000750. The summed E-state index contributed by atoms with van der Waals surface area (Å²) in [5, 5.41) is 6.30. The number of ether oxygens (including phenoxy) is 1. The normalized spacial score (nSPS) is 44.4. The van der Waals surface area contributed by atoms with Crippen LogP contribution in [0.2, 0.25) is 0 Å². The second kappa shape index (κ2) is 3.28. The molecule has 2 N–H and O–H groups in total. The molecule has 1 spiro atoms. The average molecular weight is 219 g/mol. The lowest BCUT2D eigenvalue weighted by molar-refractivity contribution is 0.0161. The number of alkyl carbamates (subject to hydrolysis) is 1. The Hall–Kier alpha value is -0.480. The van der Waals surface area contributed by atoms with E-state index in [0.717, 1.165) is 12.8 Å². The van der Waals surface area contributed by atoms with E-state index in [1.165, 1.54) is 12.8 Å². The molecule has 80 valence electrons. The molecular formula is C9H15ClN2O2. The van der Waals surface area contributed by atoms with Crippen LogP contribution in [0.15, 0.2) is 0 Å². The van der Waals surface area contributed by atoms with Crippen LogP contribution < -0.4 is 10.6 Å². The molecule has 3 aliphatic rings. The Labute approximate surface area is 89.2 Å². The summed E-state index contributed by atoms with van der Waals surface area (Å²) >= 11 is 0. The molecule has 3 rings (SSSR count). The van der Waals surface area contributed by atoms with Gasteiger partial charge in [0.1, 0.15) is 5.60 Å². The molecule has 0 aromatic heterocycles.